The zero-order chi connectivity index (χ0) is 12.4. The molecule has 0 unspecified atom stereocenters. The third-order valence-electron chi connectivity index (χ3n) is 3.07. The summed E-state index contributed by atoms with van der Waals surface area (Å²) >= 11 is 1.78. The van der Waals surface area contributed by atoms with Crippen LogP contribution in [0, 0.1) is 11.3 Å². The highest BCUT2D eigenvalue weighted by molar-refractivity contribution is 7.09. The van der Waals surface area contributed by atoms with E-state index < -0.39 is 0 Å². The smallest absolute Gasteiger partial charge is 0.129 e. The van der Waals surface area contributed by atoms with E-state index in [4.69, 9.17) is 5.26 Å². The molecule has 1 aliphatic rings. The fourth-order valence-corrected chi connectivity index (χ4v) is 2.68. The minimum atomic E-state index is 0.616. The Kier molecular flexibility index (Phi) is 2.99. The van der Waals surface area contributed by atoms with Crippen molar-refractivity contribution in [1.82, 2.24) is 4.98 Å². The van der Waals surface area contributed by atoms with Crippen LogP contribution in [-0.2, 0) is 6.54 Å². The Bertz CT molecular complexity index is 550. The Labute approximate surface area is 110 Å². The van der Waals surface area contributed by atoms with Crippen molar-refractivity contribution in [3.8, 4) is 6.07 Å². The number of nitriles is 1. The number of aromatic nitrogens is 1. The predicted octanol–water partition coefficient (Wildman–Crippen LogP) is 3.18. The average molecular weight is 255 g/mol. The number of anilines is 1. The SMILES string of the molecule is N#Cc1ccc(N(Cc2cccs2)C2CC2)nc1. The summed E-state index contributed by atoms with van der Waals surface area (Å²) in [7, 11) is 0. The second-order valence-corrected chi connectivity index (χ2v) is 5.49. The lowest BCUT2D eigenvalue weighted by atomic mass is 10.3. The molecule has 4 heteroatoms. The standard InChI is InChI=1S/C14H13N3S/c15-8-11-3-6-14(16-9-11)17(12-4-5-12)10-13-2-1-7-18-13/h1-3,6-7,9,12H,4-5,10H2. The molecule has 0 aromatic carbocycles. The van der Waals surface area contributed by atoms with Gasteiger partial charge in [0.25, 0.3) is 0 Å². The summed E-state index contributed by atoms with van der Waals surface area (Å²) in [5.41, 5.74) is 0.616. The van der Waals surface area contributed by atoms with Gasteiger partial charge in [-0.1, -0.05) is 6.07 Å². The van der Waals surface area contributed by atoms with Crippen molar-refractivity contribution in [2.24, 2.45) is 0 Å². The maximum Gasteiger partial charge on any atom is 0.129 e. The zero-order valence-corrected chi connectivity index (χ0v) is 10.7. The van der Waals surface area contributed by atoms with Gasteiger partial charge in [-0.3, -0.25) is 0 Å². The maximum atomic E-state index is 8.79. The molecule has 18 heavy (non-hydrogen) atoms. The maximum absolute atomic E-state index is 8.79. The van der Waals surface area contributed by atoms with Crippen LogP contribution >= 0.6 is 11.3 Å². The Morgan fingerprint density at radius 1 is 1.39 bits per heavy atom. The zero-order valence-electron chi connectivity index (χ0n) is 9.91. The van der Waals surface area contributed by atoms with Crippen molar-refractivity contribution >= 4 is 17.2 Å². The van der Waals surface area contributed by atoms with Gasteiger partial charge in [0, 0.05) is 17.1 Å². The number of hydrogen-bond donors (Lipinski definition) is 0. The van der Waals surface area contributed by atoms with Gasteiger partial charge in [0.15, 0.2) is 0 Å². The molecule has 1 aliphatic carbocycles. The van der Waals surface area contributed by atoms with Crippen molar-refractivity contribution < 1.29 is 0 Å². The molecule has 0 N–H and O–H groups in total. The van der Waals surface area contributed by atoms with Crippen LogP contribution in [0.1, 0.15) is 23.3 Å². The molecule has 3 nitrogen and oxygen atoms in total. The van der Waals surface area contributed by atoms with Crippen LogP contribution in [-0.4, -0.2) is 11.0 Å². The second-order valence-electron chi connectivity index (χ2n) is 4.46. The number of thiophene rings is 1. The lowest BCUT2D eigenvalue weighted by Gasteiger charge is -2.22. The van der Waals surface area contributed by atoms with Crippen molar-refractivity contribution in [3.05, 3.63) is 46.3 Å². The Balaban J connectivity index is 1.82. The average Bonchev–Trinajstić information content (AvgIpc) is 3.13. The Hall–Kier alpha value is -1.86. The molecule has 2 aromatic rings. The van der Waals surface area contributed by atoms with E-state index in [0.29, 0.717) is 11.6 Å². The van der Waals surface area contributed by atoms with Crippen LogP contribution in [0.2, 0.25) is 0 Å². The molecule has 0 spiro atoms. The molecular weight excluding hydrogens is 242 g/mol. The first kappa shape index (κ1) is 11.2. The van der Waals surface area contributed by atoms with Crippen molar-refractivity contribution in [2.75, 3.05) is 4.90 Å². The van der Waals surface area contributed by atoms with Crippen LogP contribution in [0.4, 0.5) is 5.82 Å². The Morgan fingerprint density at radius 2 is 2.28 bits per heavy atom. The summed E-state index contributed by atoms with van der Waals surface area (Å²) in [5.74, 6) is 0.977. The number of nitrogens with zero attached hydrogens (tertiary/aromatic N) is 3. The van der Waals surface area contributed by atoms with Crippen molar-refractivity contribution in [2.45, 2.75) is 25.4 Å². The van der Waals surface area contributed by atoms with Crippen LogP contribution < -0.4 is 4.90 Å². The number of pyridine rings is 1. The Morgan fingerprint density at radius 3 is 2.83 bits per heavy atom. The van der Waals surface area contributed by atoms with E-state index in [-0.39, 0.29) is 0 Å². The molecule has 3 rings (SSSR count). The van der Waals surface area contributed by atoms with Crippen LogP contribution in [0.25, 0.3) is 0 Å². The number of hydrogen-bond acceptors (Lipinski definition) is 4. The summed E-state index contributed by atoms with van der Waals surface area (Å²) in [6.07, 6.45) is 4.14. The molecular formula is C14H13N3S. The molecule has 0 radical (unpaired) electrons. The molecule has 1 saturated carbocycles. The predicted molar refractivity (Wildman–Crippen MR) is 72.5 cm³/mol. The van der Waals surface area contributed by atoms with E-state index in [1.54, 1.807) is 17.5 Å². The molecule has 0 amide bonds. The lowest BCUT2D eigenvalue weighted by Crippen LogP contribution is -2.25. The van der Waals surface area contributed by atoms with Crippen LogP contribution in [0.3, 0.4) is 0 Å². The molecule has 90 valence electrons. The highest BCUT2D eigenvalue weighted by Gasteiger charge is 2.30. The molecule has 1 fully saturated rings. The second kappa shape index (κ2) is 4.79. The highest BCUT2D eigenvalue weighted by Crippen LogP contribution is 2.32. The van der Waals surface area contributed by atoms with E-state index in [9.17, 15) is 0 Å². The summed E-state index contributed by atoms with van der Waals surface area (Å²) < 4.78 is 0. The highest BCUT2D eigenvalue weighted by atomic mass is 32.1. The summed E-state index contributed by atoms with van der Waals surface area (Å²) in [6.45, 7) is 0.918. The van der Waals surface area contributed by atoms with Crippen molar-refractivity contribution in [1.29, 1.82) is 5.26 Å². The van der Waals surface area contributed by atoms with E-state index in [1.807, 2.05) is 12.1 Å². The summed E-state index contributed by atoms with van der Waals surface area (Å²) in [4.78, 5) is 8.09. The molecule has 0 bridgehead atoms. The van der Waals surface area contributed by atoms with E-state index >= 15 is 0 Å². The topological polar surface area (TPSA) is 39.9 Å². The van der Waals surface area contributed by atoms with E-state index in [1.165, 1.54) is 17.7 Å². The van der Waals surface area contributed by atoms with Gasteiger partial charge in [0.1, 0.15) is 11.9 Å². The number of rotatable bonds is 4. The fraction of sp³-hybridized carbons (Fsp3) is 0.286. The van der Waals surface area contributed by atoms with Gasteiger partial charge in [0.05, 0.1) is 12.1 Å². The van der Waals surface area contributed by atoms with Gasteiger partial charge in [-0.25, -0.2) is 4.98 Å². The molecule has 0 saturated heterocycles. The summed E-state index contributed by atoms with van der Waals surface area (Å²) in [5, 5.41) is 10.9. The van der Waals surface area contributed by atoms with Crippen LogP contribution in [0.5, 0.6) is 0 Å². The fourth-order valence-electron chi connectivity index (χ4n) is 1.98. The van der Waals surface area contributed by atoms with Gasteiger partial charge in [-0.2, -0.15) is 5.26 Å². The first-order valence-electron chi connectivity index (χ1n) is 6.02. The first-order valence-corrected chi connectivity index (χ1v) is 6.90. The molecule has 2 aromatic heterocycles. The minimum Gasteiger partial charge on any atom is -0.348 e. The molecule has 2 heterocycles. The van der Waals surface area contributed by atoms with Gasteiger partial charge < -0.3 is 4.90 Å². The van der Waals surface area contributed by atoms with Gasteiger partial charge in [0.2, 0.25) is 0 Å². The van der Waals surface area contributed by atoms with E-state index in [0.717, 1.165) is 12.4 Å². The van der Waals surface area contributed by atoms with E-state index in [2.05, 4.69) is 33.5 Å². The minimum absolute atomic E-state index is 0.616. The molecule has 0 aliphatic heterocycles. The third-order valence-corrected chi connectivity index (χ3v) is 3.93. The van der Waals surface area contributed by atoms with Crippen molar-refractivity contribution in [3.63, 3.8) is 0 Å². The van der Waals surface area contributed by atoms with Gasteiger partial charge >= 0.3 is 0 Å². The monoisotopic (exact) mass is 255 g/mol. The van der Waals surface area contributed by atoms with Gasteiger partial charge in [-0.15, -0.1) is 11.3 Å². The molecule has 0 atom stereocenters. The third kappa shape index (κ3) is 2.36. The first-order chi connectivity index (χ1) is 8.86. The van der Waals surface area contributed by atoms with Crippen LogP contribution in [0.15, 0.2) is 35.8 Å². The van der Waals surface area contributed by atoms with Gasteiger partial charge in [-0.05, 0) is 36.4 Å². The summed E-state index contributed by atoms with van der Waals surface area (Å²) in [6, 6.07) is 10.7. The largest absolute Gasteiger partial charge is 0.348 e. The normalized spacial score (nSPS) is 14.2. The lowest BCUT2D eigenvalue weighted by molar-refractivity contribution is 0.786. The quantitative estimate of drug-likeness (QED) is 0.842.